The monoisotopic (exact) mass is 395 g/mol. The highest BCUT2D eigenvalue weighted by Gasteiger charge is 2.48. The van der Waals surface area contributed by atoms with Crippen molar-refractivity contribution in [3.8, 4) is 0 Å². The van der Waals surface area contributed by atoms with Gasteiger partial charge >= 0.3 is 0 Å². The number of nitrogens with zero attached hydrogens (tertiary/aromatic N) is 1. The molecule has 2 aliphatic heterocycles. The second-order valence-corrected chi connectivity index (χ2v) is 8.07. The van der Waals surface area contributed by atoms with Crippen molar-refractivity contribution in [3.63, 3.8) is 0 Å². The quantitative estimate of drug-likeness (QED) is 0.378. The van der Waals surface area contributed by atoms with Crippen molar-refractivity contribution >= 4 is 17.7 Å². The average Bonchev–Trinajstić information content (AvgIpc) is 3.10. The van der Waals surface area contributed by atoms with E-state index in [2.05, 4.69) is 5.32 Å². The van der Waals surface area contributed by atoms with Gasteiger partial charge in [-0.1, -0.05) is 13.3 Å². The predicted octanol–water partition coefficient (Wildman–Crippen LogP) is -1.25. The summed E-state index contributed by atoms with van der Waals surface area (Å²) >= 11 is 1.12. The maximum Gasteiger partial charge on any atom is 0.237 e. The number of aliphatic hydroxyl groups excluding tert-OH is 4. The van der Waals surface area contributed by atoms with E-state index >= 15 is 0 Å². The van der Waals surface area contributed by atoms with Crippen LogP contribution in [-0.2, 0) is 9.53 Å². The molecule has 2 saturated heterocycles. The van der Waals surface area contributed by atoms with Crippen LogP contribution >= 0.6 is 11.8 Å². The van der Waals surface area contributed by atoms with E-state index in [1.165, 1.54) is 11.8 Å². The minimum absolute atomic E-state index is 0.0607. The largest absolute Gasteiger partial charge is 0.391 e. The van der Waals surface area contributed by atoms with Crippen LogP contribution in [0, 0.1) is 5.92 Å². The fourth-order valence-corrected chi connectivity index (χ4v) is 4.25. The molecular formula is C17H32N2O6S. The molecule has 9 atom stereocenters. The minimum atomic E-state index is -2.43. The predicted molar refractivity (Wildman–Crippen MR) is 98.6 cm³/mol. The van der Waals surface area contributed by atoms with Crippen molar-refractivity contribution in [1.29, 1.82) is 0 Å². The van der Waals surface area contributed by atoms with Gasteiger partial charge < -0.3 is 30.5 Å². The third-order valence-electron chi connectivity index (χ3n) is 5.29. The van der Waals surface area contributed by atoms with Gasteiger partial charge in [0.15, 0.2) is 0 Å². The van der Waals surface area contributed by atoms with Gasteiger partial charge in [-0.15, -0.1) is 11.8 Å². The fourth-order valence-electron chi connectivity index (χ4n) is 3.57. The van der Waals surface area contributed by atoms with Crippen LogP contribution in [0.15, 0.2) is 0 Å². The Morgan fingerprint density at radius 2 is 2.08 bits per heavy atom. The van der Waals surface area contributed by atoms with E-state index in [1.807, 2.05) is 6.92 Å². The molecule has 0 unspecified atom stereocenters. The maximum atomic E-state index is 13.0. The number of likely N-dealkylation sites (N-methyl/N-ethyl adjacent to an activating group) is 1. The smallest absolute Gasteiger partial charge is 0.237 e. The molecule has 0 aromatic carbocycles. The molecule has 0 aromatic heterocycles. The maximum absolute atomic E-state index is 13.0. The topological polar surface area (TPSA) is 122 Å². The van der Waals surface area contributed by atoms with Gasteiger partial charge in [0.05, 0.1) is 18.2 Å². The molecule has 2 fully saturated rings. The number of carbonyl (C=O) groups is 1. The Kier molecular flexibility index (Phi) is 6.24. The molecule has 152 valence electrons. The lowest BCUT2D eigenvalue weighted by Gasteiger charge is -2.44. The van der Waals surface area contributed by atoms with Crippen molar-refractivity contribution < 1.29 is 34.1 Å². The van der Waals surface area contributed by atoms with Gasteiger partial charge in [0.1, 0.15) is 29.9 Å². The minimum Gasteiger partial charge on any atom is -0.391 e. The number of hydrogen-bond acceptors (Lipinski definition) is 8. The molecule has 2 rings (SSSR count). The van der Waals surface area contributed by atoms with E-state index in [9.17, 15) is 25.2 Å². The van der Waals surface area contributed by atoms with Crippen LogP contribution < -0.4 is 5.32 Å². The number of carbonyl (C=O) groups excluding carboxylic acids is 1. The summed E-state index contributed by atoms with van der Waals surface area (Å²) in [5, 5.41) is 43.4. The van der Waals surface area contributed by atoms with Crippen LogP contribution in [0.2, 0.25) is 0 Å². The molecule has 0 radical (unpaired) electrons. The van der Waals surface area contributed by atoms with Crippen LogP contribution in [0.25, 0.3) is 0 Å². The zero-order valence-electron chi connectivity index (χ0n) is 18.3. The van der Waals surface area contributed by atoms with Gasteiger partial charge in [0, 0.05) is 10.7 Å². The number of thioether (sulfide) groups is 1. The first-order valence-corrected chi connectivity index (χ1v) is 10.2. The first-order valence-electron chi connectivity index (χ1n) is 10.4. The van der Waals surface area contributed by atoms with Crippen molar-refractivity contribution in [2.75, 3.05) is 19.8 Å². The summed E-state index contributed by atoms with van der Waals surface area (Å²) in [5.74, 6) is -0.523. The van der Waals surface area contributed by atoms with E-state index < -0.39 is 60.9 Å². The number of aliphatic hydroxyl groups is 4. The molecule has 8 nitrogen and oxygen atoms in total. The second-order valence-electron chi connectivity index (χ2n) is 7.13. The summed E-state index contributed by atoms with van der Waals surface area (Å²) in [6, 6.07) is -2.00. The molecule has 0 aliphatic carbocycles. The van der Waals surface area contributed by atoms with Crippen LogP contribution in [0.4, 0.5) is 0 Å². The van der Waals surface area contributed by atoms with Crippen LogP contribution in [0.1, 0.15) is 30.8 Å². The zero-order chi connectivity index (χ0) is 22.1. The van der Waals surface area contributed by atoms with Crippen LogP contribution in [0.5, 0.6) is 0 Å². The van der Waals surface area contributed by atoms with Gasteiger partial charge in [-0.3, -0.25) is 9.69 Å². The van der Waals surface area contributed by atoms with Gasteiger partial charge in [0.2, 0.25) is 5.91 Å². The molecule has 0 bridgehead atoms. The number of likely N-dealkylation sites (tertiary alicyclic amines) is 1. The first-order chi connectivity index (χ1) is 13.4. The van der Waals surface area contributed by atoms with Crippen molar-refractivity contribution in [2.24, 2.45) is 5.92 Å². The zero-order valence-corrected chi connectivity index (χ0v) is 16.1. The highest BCUT2D eigenvalue weighted by Crippen LogP contribution is 2.30. The Balaban J connectivity index is 2.20. The molecule has 1 amide bonds. The van der Waals surface area contributed by atoms with E-state index in [-0.39, 0.29) is 12.5 Å². The van der Waals surface area contributed by atoms with Crippen molar-refractivity contribution in [3.05, 3.63) is 0 Å². The summed E-state index contributed by atoms with van der Waals surface area (Å²) in [7, 11) is 0. The molecule has 0 saturated carbocycles. The van der Waals surface area contributed by atoms with Crippen LogP contribution in [0.3, 0.4) is 0 Å². The lowest BCUT2D eigenvalue weighted by Crippen LogP contribution is -2.65. The summed E-state index contributed by atoms with van der Waals surface area (Å²) in [5.41, 5.74) is -0.855. The Bertz CT molecular complexity index is 568. The lowest BCUT2D eigenvalue weighted by atomic mass is 9.92. The molecule has 2 aliphatic rings. The molecule has 2 heterocycles. The SMILES string of the molecule is [2H]C([2H])([2H])N1C[C@H](CC)C[C@H]1C(=O)N[C@@H]([C@H]1O[C@H](SC)[C@H](O)[C@@H](O)[C@H]1O)[C@@H](C)O. The van der Waals surface area contributed by atoms with Crippen LogP contribution in [-0.4, -0.2) is 99.0 Å². The van der Waals surface area contributed by atoms with E-state index in [1.54, 1.807) is 6.26 Å². The molecular weight excluding hydrogens is 360 g/mol. The number of nitrogens with one attached hydrogen (secondary N) is 1. The Morgan fingerprint density at radius 3 is 2.62 bits per heavy atom. The second kappa shape index (κ2) is 9.18. The Morgan fingerprint density at radius 1 is 1.38 bits per heavy atom. The highest BCUT2D eigenvalue weighted by atomic mass is 32.2. The number of amides is 1. The molecule has 26 heavy (non-hydrogen) atoms. The van der Waals surface area contributed by atoms with E-state index in [4.69, 9.17) is 8.85 Å². The summed E-state index contributed by atoms with van der Waals surface area (Å²) in [6.07, 6.45) is -3.96. The normalized spacial score (nSPS) is 43.2. The van der Waals surface area contributed by atoms with Crippen molar-refractivity contribution in [1.82, 2.24) is 10.2 Å². The fraction of sp³-hybridized carbons (Fsp3) is 0.941. The standard InChI is InChI=1S/C17H32N2O6S/c1-5-9-6-10(19(3)7-9)16(24)18-11(8(2)20)15-13(22)12(21)14(23)17(25-15)26-4/h8-15,17,20-23H,5-7H2,1-4H3,(H,18,24)/t8-,9-,10+,11-,12+,13-,14-,15-,17-/m1/s1/i3D3. The highest BCUT2D eigenvalue weighted by molar-refractivity contribution is 7.99. The average molecular weight is 396 g/mol. The van der Waals surface area contributed by atoms with Gasteiger partial charge in [-0.2, -0.15) is 0 Å². The van der Waals surface area contributed by atoms with Gasteiger partial charge in [-0.25, -0.2) is 0 Å². The number of hydrogen-bond donors (Lipinski definition) is 5. The summed E-state index contributed by atoms with van der Waals surface area (Å²) < 4.78 is 28.8. The molecule has 9 heteroatoms. The summed E-state index contributed by atoms with van der Waals surface area (Å²) in [6.45, 7) is 1.17. The molecule has 0 aromatic rings. The number of rotatable bonds is 6. The van der Waals surface area contributed by atoms with Gasteiger partial charge in [0.25, 0.3) is 0 Å². The molecule has 0 spiro atoms. The summed E-state index contributed by atoms with van der Waals surface area (Å²) in [4.78, 5) is 14.1. The van der Waals surface area contributed by atoms with Gasteiger partial charge in [-0.05, 0) is 32.5 Å². The lowest BCUT2D eigenvalue weighted by molar-refractivity contribution is -0.211. The van der Waals surface area contributed by atoms with E-state index in [0.717, 1.165) is 18.2 Å². The Labute approximate surface area is 163 Å². The third-order valence-corrected chi connectivity index (χ3v) is 6.14. The number of ether oxygens (including phenoxy) is 1. The van der Waals surface area contributed by atoms with Crippen molar-refractivity contribution in [2.45, 2.75) is 74.7 Å². The molecule has 5 N–H and O–H groups in total. The first kappa shape index (κ1) is 17.7. The Hall–Kier alpha value is -0.420. The van der Waals surface area contributed by atoms with E-state index in [0.29, 0.717) is 6.42 Å². The third kappa shape index (κ3) is 4.52.